The number of nitrogens with one attached hydrogen (secondary N) is 1. The number of hydrogen-bond donors (Lipinski definition) is 1. The van der Waals surface area contributed by atoms with E-state index >= 15 is 0 Å². The number of hydrogen-bond acceptors (Lipinski definition) is 6. The predicted octanol–water partition coefficient (Wildman–Crippen LogP) is 5.29. The van der Waals surface area contributed by atoms with Crippen LogP contribution < -0.4 is 5.43 Å². The van der Waals surface area contributed by atoms with Crippen LogP contribution in [0.3, 0.4) is 0 Å². The monoisotopic (exact) mass is 521 g/mol. The van der Waals surface area contributed by atoms with Crippen molar-refractivity contribution in [1.82, 2.24) is 30.0 Å². The lowest BCUT2D eigenvalue weighted by atomic mass is 10.1. The van der Waals surface area contributed by atoms with Gasteiger partial charge in [-0.2, -0.15) is 10.2 Å². The molecule has 38 heavy (non-hydrogen) atoms. The summed E-state index contributed by atoms with van der Waals surface area (Å²) in [6, 6.07) is 27.9. The standard InChI is InChI=1S/C29H27N7OS/c1-20-14-16-23(17-15-20)28-32-33-29(35(28)24-10-6-4-7-11-24)38-19-27(37)31-30-18-26-21(2)34-36(22(26)3)25-12-8-5-9-13-25/h4-18H,19H2,1-3H3,(H,31,37)/b30-18-. The first-order valence-electron chi connectivity index (χ1n) is 12.2. The van der Waals surface area contributed by atoms with E-state index in [1.54, 1.807) is 6.21 Å². The Morgan fingerprint density at radius 3 is 2.24 bits per heavy atom. The Bertz CT molecular complexity index is 1570. The molecule has 1 N–H and O–H groups in total. The van der Waals surface area contributed by atoms with Crippen LogP contribution in [0, 0.1) is 20.8 Å². The van der Waals surface area contributed by atoms with Crippen LogP contribution in [0.25, 0.3) is 22.8 Å². The molecule has 8 nitrogen and oxygen atoms in total. The molecule has 3 aromatic carbocycles. The molecule has 5 rings (SSSR count). The molecule has 0 aliphatic rings. The van der Waals surface area contributed by atoms with Crippen molar-refractivity contribution in [2.45, 2.75) is 25.9 Å². The van der Waals surface area contributed by atoms with Gasteiger partial charge in [0.1, 0.15) is 0 Å². The Morgan fingerprint density at radius 1 is 0.895 bits per heavy atom. The van der Waals surface area contributed by atoms with Crippen LogP contribution in [-0.2, 0) is 4.79 Å². The minimum Gasteiger partial charge on any atom is -0.272 e. The molecule has 0 fully saturated rings. The lowest BCUT2D eigenvalue weighted by molar-refractivity contribution is -0.118. The van der Waals surface area contributed by atoms with Crippen LogP contribution in [0.2, 0.25) is 0 Å². The second kappa shape index (κ2) is 11.3. The van der Waals surface area contributed by atoms with E-state index in [0.29, 0.717) is 5.16 Å². The van der Waals surface area contributed by atoms with Gasteiger partial charge in [0.15, 0.2) is 11.0 Å². The smallest absolute Gasteiger partial charge is 0.250 e. The van der Waals surface area contributed by atoms with Gasteiger partial charge in [0.05, 0.1) is 29.0 Å². The third-order valence-corrected chi connectivity index (χ3v) is 6.95. The highest BCUT2D eigenvalue weighted by Crippen LogP contribution is 2.28. The zero-order valence-electron chi connectivity index (χ0n) is 21.4. The Labute approximate surface area is 225 Å². The van der Waals surface area contributed by atoms with Gasteiger partial charge in [0, 0.05) is 16.8 Å². The minimum absolute atomic E-state index is 0.136. The topological polar surface area (TPSA) is 90.0 Å². The first-order valence-corrected chi connectivity index (χ1v) is 13.1. The molecule has 0 unspecified atom stereocenters. The highest BCUT2D eigenvalue weighted by atomic mass is 32.2. The van der Waals surface area contributed by atoms with E-state index in [0.717, 1.165) is 39.7 Å². The second-order valence-corrected chi connectivity index (χ2v) is 9.70. The summed E-state index contributed by atoms with van der Waals surface area (Å²) in [6.07, 6.45) is 1.64. The van der Waals surface area contributed by atoms with E-state index in [2.05, 4.69) is 25.8 Å². The summed E-state index contributed by atoms with van der Waals surface area (Å²) in [6.45, 7) is 5.95. The molecule has 2 heterocycles. The number of aromatic nitrogens is 5. The predicted molar refractivity (Wildman–Crippen MR) is 151 cm³/mol. The number of benzene rings is 3. The number of nitrogens with zero attached hydrogens (tertiary/aromatic N) is 6. The zero-order chi connectivity index (χ0) is 26.5. The summed E-state index contributed by atoms with van der Waals surface area (Å²) in [5, 5.41) is 18.3. The molecule has 0 saturated heterocycles. The van der Waals surface area contributed by atoms with Crippen LogP contribution in [-0.4, -0.2) is 42.4 Å². The van der Waals surface area contributed by atoms with Crippen molar-refractivity contribution in [1.29, 1.82) is 0 Å². The molecule has 5 aromatic rings. The number of aryl methyl sites for hydroxylation is 2. The molecule has 9 heteroatoms. The lowest BCUT2D eigenvalue weighted by Crippen LogP contribution is -2.20. The molecule has 0 saturated carbocycles. The molecule has 2 aromatic heterocycles. The Morgan fingerprint density at radius 2 is 1.55 bits per heavy atom. The summed E-state index contributed by atoms with van der Waals surface area (Å²) in [5.41, 5.74) is 9.29. The number of hydrazone groups is 1. The van der Waals surface area contributed by atoms with Crippen molar-refractivity contribution >= 4 is 23.9 Å². The van der Waals surface area contributed by atoms with Gasteiger partial charge < -0.3 is 0 Å². The van der Waals surface area contributed by atoms with Gasteiger partial charge in [-0.15, -0.1) is 10.2 Å². The lowest BCUT2D eigenvalue weighted by Gasteiger charge is -2.10. The third-order valence-electron chi connectivity index (χ3n) is 6.02. The number of rotatable bonds is 8. The van der Waals surface area contributed by atoms with Crippen molar-refractivity contribution in [3.05, 3.63) is 107 Å². The fourth-order valence-corrected chi connectivity index (χ4v) is 4.80. The highest BCUT2D eigenvalue weighted by Gasteiger charge is 2.17. The average Bonchev–Trinajstić information content (AvgIpc) is 3.49. The summed E-state index contributed by atoms with van der Waals surface area (Å²) >= 11 is 1.31. The summed E-state index contributed by atoms with van der Waals surface area (Å²) in [5.74, 6) is 0.618. The normalized spacial score (nSPS) is 11.2. The van der Waals surface area contributed by atoms with Gasteiger partial charge in [-0.1, -0.05) is 78.0 Å². The first kappa shape index (κ1) is 25.2. The Balaban J connectivity index is 1.29. The van der Waals surface area contributed by atoms with Crippen LogP contribution in [0.1, 0.15) is 22.5 Å². The fraction of sp³-hybridized carbons (Fsp3) is 0.138. The highest BCUT2D eigenvalue weighted by molar-refractivity contribution is 7.99. The molecular formula is C29H27N7OS. The Hall–Kier alpha value is -4.50. The molecule has 0 radical (unpaired) electrons. The number of carbonyl (C=O) groups is 1. The maximum Gasteiger partial charge on any atom is 0.250 e. The summed E-state index contributed by atoms with van der Waals surface area (Å²) < 4.78 is 3.84. The van der Waals surface area contributed by atoms with Crippen molar-refractivity contribution in [3.8, 4) is 22.8 Å². The van der Waals surface area contributed by atoms with Gasteiger partial charge in [-0.05, 0) is 45.0 Å². The van der Waals surface area contributed by atoms with Gasteiger partial charge in [-0.3, -0.25) is 9.36 Å². The SMILES string of the molecule is Cc1ccc(-c2nnc(SCC(=O)N/N=C\c3c(C)nn(-c4ccccc4)c3C)n2-c2ccccc2)cc1. The van der Waals surface area contributed by atoms with E-state index in [4.69, 9.17) is 0 Å². The number of amides is 1. The molecule has 0 aliphatic carbocycles. The largest absolute Gasteiger partial charge is 0.272 e. The third kappa shape index (κ3) is 5.42. The number of para-hydroxylation sites is 2. The van der Waals surface area contributed by atoms with E-state index in [1.807, 2.05) is 115 Å². The van der Waals surface area contributed by atoms with Crippen molar-refractivity contribution in [2.75, 3.05) is 5.75 Å². The Kier molecular flexibility index (Phi) is 7.46. The molecule has 0 bridgehead atoms. The van der Waals surface area contributed by atoms with Crippen LogP contribution >= 0.6 is 11.8 Å². The maximum absolute atomic E-state index is 12.6. The zero-order valence-corrected chi connectivity index (χ0v) is 22.2. The molecule has 0 atom stereocenters. The van der Waals surface area contributed by atoms with Crippen LogP contribution in [0.15, 0.2) is 95.2 Å². The van der Waals surface area contributed by atoms with Crippen LogP contribution in [0.4, 0.5) is 0 Å². The molecule has 0 aliphatic heterocycles. The quantitative estimate of drug-likeness (QED) is 0.170. The van der Waals surface area contributed by atoms with Gasteiger partial charge in [-0.25, -0.2) is 10.1 Å². The van der Waals surface area contributed by atoms with Crippen molar-refractivity contribution in [3.63, 3.8) is 0 Å². The number of thioether (sulfide) groups is 1. The second-order valence-electron chi connectivity index (χ2n) is 8.76. The summed E-state index contributed by atoms with van der Waals surface area (Å²) in [4.78, 5) is 12.6. The van der Waals surface area contributed by atoms with Crippen molar-refractivity contribution in [2.24, 2.45) is 5.10 Å². The number of carbonyl (C=O) groups excluding carboxylic acids is 1. The summed E-state index contributed by atoms with van der Waals surface area (Å²) in [7, 11) is 0. The van der Waals surface area contributed by atoms with E-state index in [1.165, 1.54) is 17.3 Å². The molecular weight excluding hydrogens is 494 g/mol. The van der Waals surface area contributed by atoms with E-state index < -0.39 is 0 Å². The average molecular weight is 522 g/mol. The molecule has 0 spiro atoms. The first-order chi connectivity index (χ1) is 18.5. The fourth-order valence-electron chi connectivity index (χ4n) is 4.06. The maximum atomic E-state index is 12.6. The van der Waals surface area contributed by atoms with Crippen molar-refractivity contribution < 1.29 is 4.79 Å². The van der Waals surface area contributed by atoms with E-state index in [-0.39, 0.29) is 11.7 Å². The van der Waals surface area contributed by atoms with Gasteiger partial charge >= 0.3 is 0 Å². The van der Waals surface area contributed by atoms with Crippen LogP contribution in [0.5, 0.6) is 0 Å². The van der Waals surface area contributed by atoms with Gasteiger partial charge in [0.2, 0.25) is 0 Å². The molecule has 190 valence electrons. The minimum atomic E-state index is -0.239. The van der Waals surface area contributed by atoms with Gasteiger partial charge in [0.25, 0.3) is 5.91 Å². The van der Waals surface area contributed by atoms with E-state index in [9.17, 15) is 4.79 Å². The molecule has 1 amide bonds.